The summed E-state index contributed by atoms with van der Waals surface area (Å²) in [5.41, 5.74) is 2.16. The van der Waals surface area contributed by atoms with E-state index in [-0.39, 0.29) is 0 Å². The summed E-state index contributed by atoms with van der Waals surface area (Å²) in [4.78, 5) is 4.34. The molecule has 3 rings (SSSR count). The summed E-state index contributed by atoms with van der Waals surface area (Å²) >= 11 is 12.1. The number of aromatic nitrogens is 1. The van der Waals surface area contributed by atoms with Gasteiger partial charge in [0.25, 0.3) is 0 Å². The summed E-state index contributed by atoms with van der Waals surface area (Å²) in [6.45, 7) is 0. The first kappa shape index (κ1) is 13.4. The first-order valence-electron chi connectivity index (χ1n) is 6.13. The Kier molecular flexibility index (Phi) is 3.62. The summed E-state index contributed by atoms with van der Waals surface area (Å²) in [6.07, 6.45) is 0.808. The van der Waals surface area contributed by atoms with Crippen molar-refractivity contribution in [3.05, 3.63) is 75.9 Å². The summed E-state index contributed by atoms with van der Waals surface area (Å²) in [5, 5.41) is 12.5. The van der Waals surface area contributed by atoms with E-state index in [1.807, 2.05) is 30.3 Å². The molecule has 3 aromatic rings. The van der Waals surface area contributed by atoms with Gasteiger partial charge in [0.05, 0.1) is 5.52 Å². The van der Waals surface area contributed by atoms with Gasteiger partial charge in [-0.3, -0.25) is 4.98 Å². The summed E-state index contributed by atoms with van der Waals surface area (Å²) in [6, 6.07) is 14.7. The van der Waals surface area contributed by atoms with Crippen molar-refractivity contribution >= 4 is 34.1 Å². The van der Waals surface area contributed by atoms with Crippen molar-refractivity contribution in [3.63, 3.8) is 0 Å². The average Bonchev–Trinajstić information content (AvgIpc) is 2.48. The van der Waals surface area contributed by atoms with Crippen LogP contribution in [-0.4, -0.2) is 10.1 Å². The second kappa shape index (κ2) is 5.41. The molecule has 0 saturated carbocycles. The van der Waals surface area contributed by atoms with E-state index in [2.05, 4.69) is 4.98 Å². The maximum atomic E-state index is 10.5. The third kappa shape index (κ3) is 2.50. The number of fused-ring (bicyclic) bond motifs is 1. The molecule has 0 aliphatic heterocycles. The van der Waals surface area contributed by atoms with Crippen LogP contribution in [0.1, 0.15) is 17.2 Å². The third-order valence-corrected chi connectivity index (χ3v) is 3.76. The van der Waals surface area contributed by atoms with Crippen LogP contribution in [0.5, 0.6) is 0 Å². The summed E-state index contributed by atoms with van der Waals surface area (Å²) < 4.78 is 0. The molecule has 2 aromatic carbocycles. The third-order valence-electron chi connectivity index (χ3n) is 3.18. The molecule has 2 nitrogen and oxygen atoms in total. The predicted octanol–water partition coefficient (Wildman–Crippen LogP) is 4.62. The maximum Gasteiger partial charge on any atom is 0.107 e. The Hall–Kier alpha value is -1.61. The molecule has 0 saturated heterocycles. The molecular formula is C16H11Cl2NO. The minimum atomic E-state index is -0.849. The van der Waals surface area contributed by atoms with E-state index in [1.165, 1.54) is 0 Å². The fourth-order valence-corrected chi connectivity index (χ4v) is 2.54. The van der Waals surface area contributed by atoms with Gasteiger partial charge in [-0.25, -0.2) is 0 Å². The number of benzene rings is 2. The van der Waals surface area contributed by atoms with Crippen LogP contribution < -0.4 is 0 Å². The van der Waals surface area contributed by atoms with Crippen LogP contribution in [0.15, 0.2) is 54.7 Å². The number of hydrogen-bond donors (Lipinski definition) is 1. The van der Waals surface area contributed by atoms with Crippen LogP contribution >= 0.6 is 23.2 Å². The first-order chi connectivity index (χ1) is 9.65. The average molecular weight is 304 g/mol. The molecule has 20 heavy (non-hydrogen) atoms. The lowest BCUT2D eigenvalue weighted by atomic mass is 10.0. The lowest BCUT2D eigenvalue weighted by Gasteiger charge is -2.14. The quantitative estimate of drug-likeness (QED) is 0.749. The Bertz CT molecular complexity index is 773. The molecule has 1 atom stereocenters. The van der Waals surface area contributed by atoms with Gasteiger partial charge in [0, 0.05) is 32.8 Å². The standard InChI is InChI=1S/C16H11Cl2NO/c17-12-5-6-14(18)13(8-12)16(20)11-7-10-3-1-2-4-15(10)19-9-11/h1-9,16,20H. The second-order valence-electron chi connectivity index (χ2n) is 4.53. The first-order valence-corrected chi connectivity index (χ1v) is 6.88. The fourth-order valence-electron chi connectivity index (χ4n) is 2.14. The smallest absolute Gasteiger partial charge is 0.107 e. The lowest BCUT2D eigenvalue weighted by Crippen LogP contribution is -2.01. The number of pyridine rings is 1. The largest absolute Gasteiger partial charge is 0.384 e. The number of para-hydroxylation sites is 1. The monoisotopic (exact) mass is 303 g/mol. The summed E-state index contributed by atoms with van der Waals surface area (Å²) in [7, 11) is 0. The summed E-state index contributed by atoms with van der Waals surface area (Å²) in [5.74, 6) is 0. The fraction of sp³-hybridized carbons (Fsp3) is 0.0625. The van der Waals surface area contributed by atoms with Gasteiger partial charge in [0.2, 0.25) is 0 Å². The van der Waals surface area contributed by atoms with Crippen LogP contribution in [0.25, 0.3) is 10.9 Å². The van der Waals surface area contributed by atoms with Crippen molar-refractivity contribution in [1.29, 1.82) is 0 Å². The number of aliphatic hydroxyl groups is 1. The highest BCUT2D eigenvalue weighted by molar-refractivity contribution is 6.33. The van der Waals surface area contributed by atoms with Crippen molar-refractivity contribution in [1.82, 2.24) is 4.98 Å². The lowest BCUT2D eigenvalue weighted by molar-refractivity contribution is 0.220. The van der Waals surface area contributed by atoms with Crippen LogP contribution in [0.3, 0.4) is 0 Å². The highest BCUT2D eigenvalue weighted by atomic mass is 35.5. The molecule has 0 fully saturated rings. The Morgan fingerprint density at radius 2 is 1.80 bits per heavy atom. The van der Waals surface area contributed by atoms with E-state index in [1.54, 1.807) is 24.4 Å². The number of hydrogen-bond acceptors (Lipinski definition) is 2. The highest BCUT2D eigenvalue weighted by Crippen LogP contribution is 2.31. The van der Waals surface area contributed by atoms with Crippen LogP contribution in [0.4, 0.5) is 0 Å². The molecule has 1 unspecified atom stereocenters. The molecule has 0 amide bonds. The normalized spacial score (nSPS) is 12.6. The van der Waals surface area contributed by atoms with Crippen LogP contribution in [0, 0.1) is 0 Å². The van der Waals surface area contributed by atoms with Gasteiger partial charge in [0.1, 0.15) is 6.10 Å². The number of rotatable bonds is 2. The van der Waals surface area contributed by atoms with Crippen molar-refractivity contribution in [2.24, 2.45) is 0 Å². The van der Waals surface area contributed by atoms with Crippen molar-refractivity contribution in [2.45, 2.75) is 6.10 Å². The van der Waals surface area contributed by atoms with Crippen molar-refractivity contribution in [3.8, 4) is 0 Å². The zero-order chi connectivity index (χ0) is 14.1. The molecule has 100 valence electrons. The molecule has 0 bridgehead atoms. The number of nitrogens with zero attached hydrogens (tertiary/aromatic N) is 1. The highest BCUT2D eigenvalue weighted by Gasteiger charge is 2.15. The van der Waals surface area contributed by atoms with Gasteiger partial charge in [-0.05, 0) is 30.3 Å². The SMILES string of the molecule is OC(c1cnc2ccccc2c1)c1cc(Cl)ccc1Cl. The van der Waals surface area contributed by atoms with E-state index in [0.29, 0.717) is 21.2 Å². The van der Waals surface area contributed by atoms with E-state index >= 15 is 0 Å². The molecule has 0 spiro atoms. The van der Waals surface area contributed by atoms with Gasteiger partial charge in [-0.1, -0.05) is 41.4 Å². The molecule has 4 heteroatoms. The van der Waals surface area contributed by atoms with Gasteiger partial charge >= 0.3 is 0 Å². The molecule has 1 aromatic heterocycles. The van der Waals surface area contributed by atoms with Gasteiger partial charge in [-0.2, -0.15) is 0 Å². The van der Waals surface area contributed by atoms with Gasteiger partial charge < -0.3 is 5.11 Å². The zero-order valence-electron chi connectivity index (χ0n) is 10.4. The second-order valence-corrected chi connectivity index (χ2v) is 5.37. The van der Waals surface area contributed by atoms with Gasteiger partial charge in [0.15, 0.2) is 0 Å². The topological polar surface area (TPSA) is 33.1 Å². The minimum Gasteiger partial charge on any atom is -0.384 e. The Morgan fingerprint density at radius 1 is 1.00 bits per heavy atom. The molecular weight excluding hydrogens is 293 g/mol. The molecule has 0 aliphatic carbocycles. The van der Waals surface area contributed by atoms with E-state index in [4.69, 9.17) is 23.2 Å². The Labute approximate surface area is 126 Å². The Balaban J connectivity index is 2.07. The molecule has 1 N–H and O–H groups in total. The zero-order valence-corrected chi connectivity index (χ0v) is 11.9. The minimum absolute atomic E-state index is 0.482. The molecule has 1 heterocycles. The van der Waals surface area contributed by atoms with E-state index in [0.717, 1.165) is 10.9 Å². The van der Waals surface area contributed by atoms with Crippen LogP contribution in [-0.2, 0) is 0 Å². The van der Waals surface area contributed by atoms with Crippen molar-refractivity contribution in [2.75, 3.05) is 0 Å². The Morgan fingerprint density at radius 3 is 2.65 bits per heavy atom. The molecule has 0 aliphatic rings. The van der Waals surface area contributed by atoms with Crippen molar-refractivity contribution < 1.29 is 5.11 Å². The maximum absolute atomic E-state index is 10.5. The number of aliphatic hydroxyl groups excluding tert-OH is 1. The van der Waals surface area contributed by atoms with Gasteiger partial charge in [-0.15, -0.1) is 0 Å². The van der Waals surface area contributed by atoms with E-state index in [9.17, 15) is 5.11 Å². The predicted molar refractivity (Wildman–Crippen MR) is 82.3 cm³/mol. The number of halogens is 2. The van der Waals surface area contributed by atoms with Crippen LogP contribution in [0.2, 0.25) is 10.0 Å². The molecule has 0 radical (unpaired) electrons. The van der Waals surface area contributed by atoms with E-state index < -0.39 is 6.10 Å².